The molecule has 1 aromatic carbocycles. The Hall–Kier alpha value is -2.21. The number of nitrogens with zero attached hydrogens (tertiary/aromatic N) is 4. The van der Waals surface area contributed by atoms with Crippen LogP contribution in [0.25, 0.3) is 0 Å². The van der Waals surface area contributed by atoms with E-state index < -0.39 is 5.97 Å². The molecule has 2 heterocycles. The van der Waals surface area contributed by atoms with Crippen molar-refractivity contribution >= 4 is 5.97 Å². The van der Waals surface area contributed by atoms with Crippen LogP contribution >= 0.6 is 0 Å². The van der Waals surface area contributed by atoms with Gasteiger partial charge in [-0.2, -0.15) is 0 Å². The highest BCUT2D eigenvalue weighted by Gasteiger charge is 2.23. The summed E-state index contributed by atoms with van der Waals surface area (Å²) < 4.78 is 1.94. The fraction of sp³-hybridized carbons (Fsp3) is 0.438. The first-order chi connectivity index (χ1) is 10.6. The molecule has 2 aromatic rings. The summed E-state index contributed by atoms with van der Waals surface area (Å²) >= 11 is 0. The zero-order valence-electron chi connectivity index (χ0n) is 12.6. The molecule has 116 valence electrons. The Morgan fingerprint density at radius 3 is 3.05 bits per heavy atom. The monoisotopic (exact) mass is 300 g/mol. The Morgan fingerprint density at radius 1 is 1.45 bits per heavy atom. The van der Waals surface area contributed by atoms with Gasteiger partial charge in [-0.3, -0.25) is 4.90 Å². The third-order valence-electron chi connectivity index (χ3n) is 4.28. The van der Waals surface area contributed by atoms with Gasteiger partial charge in [-0.25, -0.2) is 4.79 Å². The maximum Gasteiger partial charge on any atom is 0.335 e. The van der Waals surface area contributed by atoms with Crippen molar-refractivity contribution in [3.05, 3.63) is 47.5 Å². The van der Waals surface area contributed by atoms with Crippen LogP contribution in [0, 0.1) is 0 Å². The van der Waals surface area contributed by atoms with Gasteiger partial charge in [0.15, 0.2) is 0 Å². The van der Waals surface area contributed by atoms with Crippen molar-refractivity contribution < 1.29 is 9.90 Å². The quantitative estimate of drug-likeness (QED) is 0.933. The minimum Gasteiger partial charge on any atom is -0.478 e. The van der Waals surface area contributed by atoms with Crippen LogP contribution in [0.4, 0.5) is 0 Å². The number of carboxylic acids is 1. The highest BCUT2D eigenvalue weighted by atomic mass is 16.4. The van der Waals surface area contributed by atoms with Gasteiger partial charge in [-0.15, -0.1) is 10.2 Å². The van der Waals surface area contributed by atoms with Crippen LogP contribution in [0.5, 0.6) is 0 Å². The Labute approximate surface area is 129 Å². The van der Waals surface area contributed by atoms with Crippen molar-refractivity contribution in [2.75, 3.05) is 13.1 Å². The average molecular weight is 300 g/mol. The molecule has 1 aliphatic heterocycles. The molecule has 3 rings (SSSR count). The highest BCUT2D eigenvalue weighted by Crippen LogP contribution is 2.28. The van der Waals surface area contributed by atoms with Crippen LogP contribution in [0.3, 0.4) is 0 Å². The van der Waals surface area contributed by atoms with Crippen molar-refractivity contribution in [2.45, 2.75) is 25.3 Å². The molecule has 0 amide bonds. The summed E-state index contributed by atoms with van der Waals surface area (Å²) in [5.41, 5.74) is 1.48. The van der Waals surface area contributed by atoms with E-state index in [0.29, 0.717) is 11.5 Å². The predicted octanol–water partition coefficient (Wildman–Crippen LogP) is 1.89. The maximum absolute atomic E-state index is 11.1. The van der Waals surface area contributed by atoms with E-state index in [1.54, 1.807) is 18.5 Å². The van der Waals surface area contributed by atoms with Gasteiger partial charge in [-0.1, -0.05) is 12.1 Å². The standard InChI is InChI=1S/C16H20N4O2/c1-19-11-17-18-15(19)10-20-7-3-6-14(9-20)12-4-2-5-13(8-12)16(21)22/h2,4-5,8,11,14H,3,6-7,9-10H2,1H3,(H,21,22)/t14-/m1/s1. The molecule has 0 saturated carbocycles. The molecule has 1 atom stereocenters. The molecular weight excluding hydrogens is 280 g/mol. The van der Waals surface area contributed by atoms with Gasteiger partial charge < -0.3 is 9.67 Å². The second kappa shape index (κ2) is 6.27. The number of hydrogen-bond donors (Lipinski definition) is 1. The van der Waals surface area contributed by atoms with Crippen LogP contribution < -0.4 is 0 Å². The number of carbonyl (C=O) groups is 1. The number of piperidine rings is 1. The highest BCUT2D eigenvalue weighted by molar-refractivity contribution is 5.87. The van der Waals surface area contributed by atoms with Crippen molar-refractivity contribution in [3.8, 4) is 0 Å². The molecule has 1 fully saturated rings. The van der Waals surface area contributed by atoms with Crippen LogP contribution in [0.15, 0.2) is 30.6 Å². The molecule has 0 spiro atoms. The van der Waals surface area contributed by atoms with Gasteiger partial charge in [-0.05, 0) is 43.0 Å². The number of aryl methyl sites for hydroxylation is 1. The molecule has 1 N–H and O–H groups in total. The van der Waals surface area contributed by atoms with E-state index in [0.717, 1.165) is 43.9 Å². The van der Waals surface area contributed by atoms with Gasteiger partial charge in [0.1, 0.15) is 12.2 Å². The van der Waals surface area contributed by atoms with Crippen LogP contribution in [0.2, 0.25) is 0 Å². The fourth-order valence-corrected chi connectivity index (χ4v) is 3.05. The van der Waals surface area contributed by atoms with Crippen LogP contribution in [-0.2, 0) is 13.6 Å². The van der Waals surface area contributed by atoms with Gasteiger partial charge in [0.05, 0.1) is 12.1 Å². The largest absolute Gasteiger partial charge is 0.478 e. The molecule has 6 nitrogen and oxygen atoms in total. The number of hydrogen-bond acceptors (Lipinski definition) is 4. The Balaban J connectivity index is 1.71. The minimum absolute atomic E-state index is 0.364. The topological polar surface area (TPSA) is 71.2 Å². The first kappa shape index (κ1) is 14.7. The van der Waals surface area contributed by atoms with E-state index >= 15 is 0 Å². The zero-order valence-corrected chi connectivity index (χ0v) is 12.6. The van der Waals surface area contributed by atoms with E-state index in [4.69, 9.17) is 5.11 Å². The molecular formula is C16H20N4O2. The number of benzene rings is 1. The van der Waals surface area contributed by atoms with E-state index in [9.17, 15) is 4.79 Å². The summed E-state index contributed by atoms with van der Waals surface area (Å²) in [4.78, 5) is 13.5. The normalized spacial score (nSPS) is 19.2. The van der Waals surface area contributed by atoms with Gasteiger partial charge >= 0.3 is 5.97 Å². The Morgan fingerprint density at radius 2 is 2.32 bits per heavy atom. The van der Waals surface area contributed by atoms with Gasteiger partial charge in [0.25, 0.3) is 0 Å². The van der Waals surface area contributed by atoms with Crippen molar-refractivity contribution in [3.63, 3.8) is 0 Å². The molecule has 22 heavy (non-hydrogen) atoms. The predicted molar refractivity (Wildman–Crippen MR) is 81.7 cm³/mol. The van der Waals surface area contributed by atoms with Crippen LogP contribution in [0.1, 0.15) is 40.5 Å². The van der Waals surface area contributed by atoms with Gasteiger partial charge in [0.2, 0.25) is 0 Å². The van der Waals surface area contributed by atoms with Crippen molar-refractivity contribution in [1.82, 2.24) is 19.7 Å². The summed E-state index contributed by atoms with van der Waals surface area (Å²) in [6.45, 7) is 2.75. The third-order valence-corrected chi connectivity index (χ3v) is 4.28. The molecule has 0 radical (unpaired) electrons. The second-order valence-electron chi connectivity index (χ2n) is 5.86. The summed E-state index contributed by atoms with van der Waals surface area (Å²) in [6, 6.07) is 7.31. The zero-order chi connectivity index (χ0) is 15.5. The lowest BCUT2D eigenvalue weighted by molar-refractivity contribution is 0.0696. The number of carboxylic acid groups (broad SMARTS) is 1. The molecule has 0 aliphatic carbocycles. The first-order valence-corrected chi connectivity index (χ1v) is 7.52. The SMILES string of the molecule is Cn1cnnc1CN1CCC[C@@H](c2cccc(C(=O)O)c2)C1. The molecule has 1 aromatic heterocycles. The lowest BCUT2D eigenvalue weighted by Gasteiger charge is -2.32. The number of rotatable bonds is 4. The lowest BCUT2D eigenvalue weighted by Crippen LogP contribution is -2.34. The summed E-state index contributed by atoms with van der Waals surface area (Å²) in [7, 11) is 1.95. The van der Waals surface area contributed by atoms with E-state index in [2.05, 4.69) is 15.1 Å². The van der Waals surface area contributed by atoms with E-state index in [1.165, 1.54) is 0 Å². The molecule has 6 heteroatoms. The van der Waals surface area contributed by atoms with Crippen molar-refractivity contribution in [1.29, 1.82) is 0 Å². The van der Waals surface area contributed by atoms with Crippen LogP contribution in [-0.4, -0.2) is 43.8 Å². The van der Waals surface area contributed by atoms with E-state index in [-0.39, 0.29) is 0 Å². The smallest absolute Gasteiger partial charge is 0.335 e. The second-order valence-corrected chi connectivity index (χ2v) is 5.86. The number of aromatic carboxylic acids is 1. The third kappa shape index (κ3) is 3.17. The summed E-state index contributed by atoms with van der Waals surface area (Å²) in [6.07, 6.45) is 3.92. The average Bonchev–Trinajstić information content (AvgIpc) is 2.93. The van der Waals surface area contributed by atoms with E-state index in [1.807, 2.05) is 23.7 Å². The maximum atomic E-state index is 11.1. The lowest BCUT2D eigenvalue weighted by atomic mass is 9.89. The molecule has 1 saturated heterocycles. The summed E-state index contributed by atoms with van der Waals surface area (Å²) in [5, 5.41) is 17.2. The number of likely N-dealkylation sites (tertiary alicyclic amines) is 1. The Bertz CT molecular complexity index is 668. The first-order valence-electron chi connectivity index (χ1n) is 7.52. The molecule has 0 unspecified atom stereocenters. The fourth-order valence-electron chi connectivity index (χ4n) is 3.05. The van der Waals surface area contributed by atoms with Crippen molar-refractivity contribution in [2.24, 2.45) is 7.05 Å². The summed E-state index contributed by atoms with van der Waals surface area (Å²) in [5.74, 6) is 0.467. The molecule has 0 bridgehead atoms. The number of aromatic nitrogens is 3. The Kier molecular flexibility index (Phi) is 4.20. The minimum atomic E-state index is -0.867. The molecule has 1 aliphatic rings. The van der Waals surface area contributed by atoms with Gasteiger partial charge in [0, 0.05) is 13.6 Å².